The van der Waals surface area contributed by atoms with Gasteiger partial charge in [0.2, 0.25) is 10.0 Å². The molecule has 5 rings (SSSR count). The Labute approximate surface area is 179 Å². The van der Waals surface area contributed by atoms with Crippen molar-refractivity contribution in [2.75, 3.05) is 0 Å². The highest BCUT2D eigenvalue weighted by Gasteiger charge is 2.50. The largest absolute Gasteiger partial charge is 0.243 e. The highest BCUT2D eigenvalue weighted by atomic mass is 32.2. The summed E-state index contributed by atoms with van der Waals surface area (Å²) >= 11 is 0. The predicted octanol–water partition coefficient (Wildman–Crippen LogP) is 3.72. The normalized spacial score (nSPS) is 27.0. The minimum absolute atomic E-state index is 0.242. The van der Waals surface area contributed by atoms with Crippen LogP contribution in [-0.2, 0) is 32.7 Å². The predicted molar refractivity (Wildman–Crippen MR) is 116 cm³/mol. The number of sulfonamides is 1. The Kier molecular flexibility index (Phi) is 5.03. The topological polar surface area (TPSA) is 71.5 Å². The van der Waals surface area contributed by atoms with Gasteiger partial charge in [-0.2, -0.15) is 4.31 Å². The molecule has 0 spiro atoms. The third-order valence-corrected chi connectivity index (χ3v) is 11.2. The molecule has 2 heterocycles. The summed E-state index contributed by atoms with van der Waals surface area (Å²) in [5.74, 6) is 0. The average Bonchev–Trinajstić information content (AvgIpc) is 3.04. The maximum Gasteiger partial charge on any atom is 0.243 e. The number of sulfone groups is 1. The van der Waals surface area contributed by atoms with Gasteiger partial charge in [-0.3, -0.25) is 0 Å². The van der Waals surface area contributed by atoms with E-state index in [0.717, 1.165) is 44.1 Å². The average molecular weight is 446 g/mol. The molecule has 1 aliphatic carbocycles. The Hall–Kier alpha value is -1.70. The van der Waals surface area contributed by atoms with Crippen molar-refractivity contribution in [3.05, 3.63) is 59.7 Å². The number of benzene rings is 2. The van der Waals surface area contributed by atoms with E-state index in [9.17, 15) is 16.8 Å². The molecule has 160 valence electrons. The van der Waals surface area contributed by atoms with Crippen LogP contribution in [0.4, 0.5) is 0 Å². The van der Waals surface area contributed by atoms with Crippen molar-refractivity contribution in [1.82, 2.24) is 4.31 Å². The van der Waals surface area contributed by atoms with Crippen LogP contribution in [0, 0.1) is 0 Å². The lowest BCUT2D eigenvalue weighted by molar-refractivity contribution is 0.249. The van der Waals surface area contributed by atoms with Gasteiger partial charge in [0.25, 0.3) is 0 Å². The monoisotopic (exact) mass is 445 g/mol. The fourth-order valence-electron chi connectivity index (χ4n) is 5.52. The van der Waals surface area contributed by atoms with Gasteiger partial charge in [-0.1, -0.05) is 24.3 Å². The quantitative estimate of drug-likeness (QED) is 0.719. The van der Waals surface area contributed by atoms with Crippen molar-refractivity contribution in [3.63, 3.8) is 0 Å². The van der Waals surface area contributed by atoms with Crippen LogP contribution in [0.1, 0.15) is 49.7 Å². The molecule has 3 atom stereocenters. The molecule has 2 aromatic rings. The highest BCUT2D eigenvalue weighted by molar-refractivity contribution is 7.92. The molecule has 0 N–H and O–H groups in total. The fraction of sp³-hybridized carbons (Fsp3) is 0.478. The lowest BCUT2D eigenvalue weighted by atomic mass is 9.92. The first-order valence-electron chi connectivity index (χ1n) is 10.8. The van der Waals surface area contributed by atoms with E-state index in [0.29, 0.717) is 22.6 Å². The highest BCUT2D eigenvalue weighted by Crippen LogP contribution is 2.43. The van der Waals surface area contributed by atoms with Gasteiger partial charge in [0.1, 0.15) is 0 Å². The number of nitrogens with zero attached hydrogens (tertiary/aromatic N) is 1. The van der Waals surface area contributed by atoms with Crippen LogP contribution in [0.5, 0.6) is 0 Å². The van der Waals surface area contributed by atoms with Crippen LogP contribution in [-0.4, -0.2) is 38.5 Å². The molecule has 2 aliphatic heterocycles. The van der Waals surface area contributed by atoms with Crippen molar-refractivity contribution in [2.45, 2.75) is 78.5 Å². The Morgan fingerprint density at radius 2 is 1.37 bits per heavy atom. The molecule has 2 bridgehead atoms. The van der Waals surface area contributed by atoms with Crippen molar-refractivity contribution in [2.24, 2.45) is 0 Å². The number of rotatable bonds is 4. The van der Waals surface area contributed by atoms with E-state index in [-0.39, 0.29) is 12.1 Å². The minimum atomic E-state index is -3.63. The summed E-state index contributed by atoms with van der Waals surface area (Å²) in [6.45, 7) is 0. The van der Waals surface area contributed by atoms with Crippen molar-refractivity contribution in [1.29, 1.82) is 0 Å². The van der Waals surface area contributed by atoms with Crippen LogP contribution in [0.2, 0.25) is 0 Å². The van der Waals surface area contributed by atoms with E-state index in [2.05, 4.69) is 0 Å². The fourth-order valence-corrected chi connectivity index (χ4v) is 9.34. The summed E-state index contributed by atoms with van der Waals surface area (Å²) in [6, 6.07) is 13.6. The first-order chi connectivity index (χ1) is 14.4. The maximum absolute atomic E-state index is 13.5. The molecule has 2 aromatic carbocycles. The molecule has 0 radical (unpaired) electrons. The molecular formula is C23H27NO4S2. The van der Waals surface area contributed by atoms with Gasteiger partial charge in [-0.25, -0.2) is 16.8 Å². The van der Waals surface area contributed by atoms with E-state index < -0.39 is 25.1 Å². The van der Waals surface area contributed by atoms with Gasteiger partial charge in [-0.05, 0) is 86.8 Å². The number of piperidine rings is 1. The van der Waals surface area contributed by atoms with Crippen molar-refractivity contribution >= 4 is 19.9 Å². The van der Waals surface area contributed by atoms with Crippen molar-refractivity contribution in [3.8, 4) is 0 Å². The van der Waals surface area contributed by atoms with Gasteiger partial charge in [0, 0.05) is 12.1 Å². The standard InChI is InChI=1S/C23H27NO4S2/c25-29(26,21-8-2-1-3-9-21)23-15-19-11-12-20(16-23)24(19)30(27,28)22-13-10-17-6-4-5-7-18(17)14-22/h1-3,8-10,13-14,19-20,23H,4-7,11-12,15-16H2/t19-,20+,23?. The molecule has 1 unspecified atom stereocenters. The van der Waals surface area contributed by atoms with E-state index in [1.54, 1.807) is 40.7 Å². The van der Waals surface area contributed by atoms with Crippen molar-refractivity contribution < 1.29 is 16.8 Å². The molecular weight excluding hydrogens is 418 g/mol. The third kappa shape index (κ3) is 3.31. The lowest BCUT2D eigenvalue weighted by Crippen LogP contribution is -2.49. The first kappa shape index (κ1) is 20.2. The van der Waals surface area contributed by atoms with Crippen LogP contribution >= 0.6 is 0 Å². The third-order valence-electron chi connectivity index (χ3n) is 7.03. The molecule has 30 heavy (non-hydrogen) atoms. The zero-order chi connectivity index (χ0) is 20.9. The second-order valence-corrected chi connectivity index (χ2v) is 12.9. The Bertz CT molecular complexity index is 1140. The maximum atomic E-state index is 13.5. The number of fused-ring (bicyclic) bond motifs is 3. The number of hydrogen-bond acceptors (Lipinski definition) is 4. The summed E-state index contributed by atoms with van der Waals surface area (Å²) < 4.78 is 55.0. The van der Waals surface area contributed by atoms with Gasteiger partial charge in [0.05, 0.1) is 15.0 Å². The second-order valence-electron chi connectivity index (χ2n) is 8.81. The van der Waals surface area contributed by atoms with Gasteiger partial charge < -0.3 is 0 Å². The summed E-state index contributed by atoms with van der Waals surface area (Å²) in [7, 11) is -7.08. The Balaban J connectivity index is 1.43. The zero-order valence-corrected chi connectivity index (χ0v) is 18.5. The van der Waals surface area contributed by atoms with Gasteiger partial charge in [0.15, 0.2) is 9.84 Å². The van der Waals surface area contributed by atoms with Crippen LogP contribution in [0.25, 0.3) is 0 Å². The summed E-state index contributed by atoms with van der Waals surface area (Å²) in [6.07, 6.45) is 6.42. The van der Waals surface area contributed by atoms with Gasteiger partial charge >= 0.3 is 0 Å². The van der Waals surface area contributed by atoms with E-state index in [4.69, 9.17) is 0 Å². The lowest BCUT2D eigenvalue weighted by Gasteiger charge is -2.37. The van der Waals surface area contributed by atoms with Crippen LogP contribution in [0.15, 0.2) is 58.3 Å². The van der Waals surface area contributed by atoms with Crippen LogP contribution < -0.4 is 0 Å². The first-order valence-corrected chi connectivity index (χ1v) is 13.8. The van der Waals surface area contributed by atoms with Crippen LogP contribution in [0.3, 0.4) is 0 Å². The Morgan fingerprint density at radius 1 is 0.733 bits per heavy atom. The second kappa shape index (κ2) is 7.46. The summed E-state index contributed by atoms with van der Waals surface area (Å²) in [4.78, 5) is 0.699. The molecule has 0 saturated carbocycles. The Morgan fingerprint density at radius 3 is 2.03 bits per heavy atom. The molecule has 3 aliphatic rings. The molecule has 2 saturated heterocycles. The molecule has 0 amide bonds. The van der Waals surface area contributed by atoms with Gasteiger partial charge in [-0.15, -0.1) is 0 Å². The summed E-state index contributed by atoms with van der Waals surface area (Å²) in [5, 5.41) is -0.521. The SMILES string of the molecule is O=S(=O)(c1ccccc1)C1C[C@H]2CC[C@@H](C1)N2S(=O)(=O)c1ccc2c(c1)CCCC2. The molecule has 2 fully saturated rings. The van der Waals surface area contributed by atoms with E-state index in [1.807, 2.05) is 12.1 Å². The van der Waals surface area contributed by atoms with E-state index in [1.165, 1.54) is 5.56 Å². The van der Waals surface area contributed by atoms with E-state index >= 15 is 0 Å². The molecule has 0 aromatic heterocycles. The summed E-state index contributed by atoms with van der Waals surface area (Å²) in [5.41, 5.74) is 2.41. The zero-order valence-electron chi connectivity index (χ0n) is 16.9. The smallest absolute Gasteiger partial charge is 0.223 e. The minimum Gasteiger partial charge on any atom is -0.223 e. The molecule has 7 heteroatoms. The number of aryl methyl sites for hydroxylation is 2. The number of hydrogen-bond donors (Lipinski definition) is 0. The molecule has 5 nitrogen and oxygen atoms in total.